The number of aryl methyl sites for hydroxylation is 2. The van der Waals surface area contributed by atoms with E-state index in [9.17, 15) is 18.0 Å². The van der Waals surface area contributed by atoms with Crippen molar-refractivity contribution in [3.8, 4) is 0 Å². The quantitative estimate of drug-likeness (QED) is 0.612. The molecule has 0 saturated carbocycles. The van der Waals surface area contributed by atoms with Crippen LogP contribution in [0.2, 0.25) is 0 Å². The van der Waals surface area contributed by atoms with Crippen molar-refractivity contribution in [1.29, 1.82) is 0 Å². The van der Waals surface area contributed by atoms with Gasteiger partial charge in [-0.3, -0.25) is 4.79 Å². The number of piperidine rings is 1. The second kappa shape index (κ2) is 7.35. The SMILES string of the molecule is Cc1cc2nc([C@H]3CCCN(C(=O)c4noc5c4CCCC5)C3)cc(C(F)(F)F)n2n1. The Morgan fingerprint density at radius 1 is 1.19 bits per heavy atom. The number of hydrogen-bond acceptors (Lipinski definition) is 5. The summed E-state index contributed by atoms with van der Waals surface area (Å²) in [6, 6.07) is 2.60. The summed E-state index contributed by atoms with van der Waals surface area (Å²) < 4.78 is 47.2. The van der Waals surface area contributed by atoms with Crippen LogP contribution in [-0.2, 0) is 19.0 Å². The lowest BCUT2D eigenvalue weighted by Crippen LogP contribution is -2.40. The molecule has 1 aliphatic heterocycles. The van der Waals surface area contributed by atoms with Crippen molar-refractivity contribution in [2.45, 2.75) is 57.5 Å². The predicted molar refractivity (Wildman–Crippen MR) is 104 cm³/mol. The summed E-state index contributed by atoms with van der Waals surface area (Å²) in [6.45, 7) is 2.47. The Kier molecular flexibility index (Phi) is 4.75. The fraction of sp³-hybridized carbons (Fsp3) is 0.524. The monoisotopic (exact) mass is 433 g/mol. The lowest BCUT2D eigenvalue weighted by Gasteiger charge is -2.32. The minimum absolute atomic E-state index is 0.163. The highest BCUT2D eigenvalue weighted by atomic mass is 19.4. The molecule has 3 aromatic heterocycles. The van der Waals surface area contributed by atoms with E-state index in [1.54, 1.807) is 11.8 Å². The molecule has 1 saturated heterocycles. The van der Waals surface area contributed by atoms with E-state index in [1.165, 1.54) is 6.07 Å². The van der Waals surface area contributed by atoms with E-state index in [0.29, 0.717) is 43.0 Å². The zero-order valence-electron chi connectivity index (χ0n) is 17.1. The molecule has 4 heterocycles. The third kappa shape index (κ3) is 3.57. The van der Waals surface area contributed by atoms with Crippen LogP contribution in [0.15, 0.2) is 16.7 Å². The van der Waals surface area contributed by atoms with E-state index in [1.807, 2.05) is 0 Å². The number of alkyl halides is 3. The first-order chi connectivity index (χ1) is 14.8. The van der Waals surface area contributed by atoms with Crippen molar-refractivity contribution in [3.63, 3.8) is 0 Å². The molecule has 1 aliphatic carbocycles. The maximum Gasteiger partial charge on any atom is 0.433 e. The topological polar surface area (TPSA) is 76.5 Å². The van der Waals surface area contributed by atoms with Gasteiger partial charge < -0.3 is 9.42 Å². The van der Waals surface area contributed by atoms with E-state index in [-0.39, 0.29) is 17.5 Å². The van der Waals surface area contributed by atoms with Gasteiger partial charge in [0.15, 0.2) is 11.3 Å². The van der Waals surface area contributed by atoms with Gasteiger partial charge in [-0.2, -0.15) is 18.3 Å². The lowest BCUT2D eigenvalue weighted by molar-refractivity contribution is -0.142. The maximum absolute atomic E-state index is 13.7. The van der Waals surface area contributed by atoms with Crippen LogP contribution in [-0.4, -0.2) is 43.7 Å². The minimum atomic E-state index is -4.56. The van der Waals surface area contributed by atoms with E-state index in [2.05, 4.69) is 15.2 Å². The van der Waals surface area contributed by atoms with Gasteiger partial charge in [-0.1, -0.05) is 5.16 Å². The van der Waals surface area contributed by atoms with Crippen molar-refractivity contribution in [2.75, 3.05) is 13.1 Å². The molecule has 0 unspecified atom stereocenters. The average molecular weight is 433 g/mol. The molecule has 164 valence electrons. The number of hydrogen-bond donors (Lipinski definition) is 0. The zero-order valence-corrected chi connectivity index (χ0v) is 17.1. The van der Waals surface area contributed by atoms with Gasteiger partial charge in [-0.15, -0.1) is 0 Å². The maximum atomic E-state index is 13.7. The first-order valence-electron chi connectivity index (χ1n) is 10.5. The first-order valence-corrected chi connectivity index (χ1v) is 10.5. The molecule has 0 radical (unpaired) electrons. The lowest BCUT2D eigenvalue weighted by atomic mass is 9.92. The summed E-state index contributed by atoms with van der Waals surface area (Å²) in [6.07, 6.45) is 0.352. The standard InChI is InChI=1S/C21H22F3N5O2/c1-12-9-18-25-15(10-17(21(22,23)24)29(18)26-12)13-5-4-8-28(11-13)20(30)19-14-6-2-3-7-16(14)31-27-19/h9-10,13H,2-8,11H2,1H3/t13-/m0/s1. The summed E-state index contributed by atoms with van der Waals surface area (Å²) in [5.41, 5.74) is 1.34. The molecule has 0 N–H and O–H groups in total. The minimum Gasteiger partial charge on any atom is -0.360 e. The molecule has 0 spiro atoms. The largest absolute Gasteiger partial charge is 0.433 e. The van der Waals surface area contributed by atoms with Crippen molar-refractivity contribution in [1.82, 2.24) is 24.7 Å². The van der Waals surface area contributed by atoms with Crippen LogP contribution >= 0.6 is 0 Å². The second-order valence-corrected chi connectivity index (χ2v) is 8.35. The molecule has 5 rings (SSSR count). The summed E-state index contributed by atoms with van der Waals surface area (Å²) in [4.78, 5) is 19.3. The van der Waals surface area contributed by atoms with Crippen LogP contribution in [0.25, 0.3) is 5.65 Å². The Hall–Kier alpha value is -2.91. The van der Waals surface area contributed by atoms with Gasteiger partial charge in [0.2, 0.25) is 0 Å². The molecule has 1 amide bonds. The summed E-state index contributed by atoms with van der Waals surface area (Å²) in [5.74, 6) is 0.275. The number of likely N-dealkylation sites (tertiary alicyclic amines) is 1. The molecule has 2 aliphatic rings. The smallest absolute Gasteiger partial charge is 0.360 e. The van der Waals surface area contributed by atoms with Gasteiger partial charge in [-0.25, -0.2) is 9.50 Å². The fourth-order valence-corrected chi connectivity index (χ4v) is 4.63. The third-order valence-electron chi connectivity index (χ3n) is 6.14. The number of fused-ring (bicyclic) bond motifs is 2. The van der Waals surface area contributed by atoms with Gasteiger partial charge in [0, 0.05) is 42.8 Å². The van der Waals surface area contributed by atoms with Crippen molar-refractivity contribution >= 4 is 11.6 Å². The summed E-state index contributed by atoms with van der Waals surface area (Å²) >= 11 is 0. The molecule has 31 heavy (non-hydrogen) atoms. The number of rotatable bonds is 2. The predicted octanol–water partition coefficient (Wildman–Crippen LogP) is 3.94. The number of aromatic nitrogens is 4. The summed E-state index contributed by atoms with van der Waals surface area (Å²) in [7, 11) is 0. The molecule has 7 nitrogen and oxygen atoms in total. The van der Waals surface area contributed by atoms with E-state index in [0.717, 1.165) is 47.6 Å². The van der Waals surface area contributed by atoms with Crippen molar-refractivity contribution < 1.29 is 22.5 Å². The van der Waals surface area contributed by atoms with Crippen LogP contribution < -0.4 is 0 Å². The molecular weight excluding hydrogens is 411 g/mol. The van der Waals surface area contributed by atoms with Crippen LogP contribution in [0.1, 0.15) is 70.5 Å². The number of carbonyl (C=O) groups excluding carboxylic acids is 1. The van der Waals surface area contributed by atoms with Gasteiger partial charge in [0.25, 0.3) is 5.91 Å². The number of amides is 1. The van der Waals surface area contributed by atoms with Crippen LogP contribution in [0.4, 0.5) is 13.2 Å². The van der Waals surface area contributed by atoms with Crippen LogP contribution in [0, 0.1) is 6.92 Å². The van der Waals surface area contributed by atoms with Crippen molar-refractivity contribution in [2.24, 2.45) is 0 Å². The van der Waals surface area contributed by atoms with Crippen LogP contribution in [0.5, 0.6) is 0 Å². The fourth-order valence-electron chi connectivity index (χ4n) is 4.63. The molecule has 0 aromatic carbocycles. The van der Waals surface area contributed by atoms with Gasteiger partial charge in [0.1, 0.15) is 11.5 Å². The Balaban J connectivity index is 1.45. The first kappa shape index (κ1) is 20.0. The van der Waals surface area contributed by atoms with Crippen LogP contribution in [0.3, 0.4) is 0 Å². The Bertz CT molecular complexity index is 1150. The van der Waals surface area contributed by atoms with E-state index >= 15 is 0 Å². The van der Waals surface area contributed by atoms with Gasteiger partial charge in [0.05, 0.1) is 5.69 Å². The molecule has 10 heteroatoms. The van der Waals surface area contributed by atoms with Crippen molar-refractivity contribution in [3.05, 3.63) is 46.2 Å². The average Bonchev–Trinajstić information content (AvgIpc) is 3.34. The Morgan fingerprint density at radius 3 is 2.81 bits per heavy atom. The number of halogens is 3. The van der Waals surface area contributed by atoms with E-state index < -0.39 is 11.9 Å². The van der Waals surface area contributed by atoms with Gasteiger partial charge >= 0.3 is 6.18 Å². The second-order valence-electron chi connectivity index (χ2n) is 8.35. The molecule has 1 fully saturated rings. The Morgan fingerprint density at radius 2 is 2.00 bits per heavy atom. The highest BCUT2D eigenvalue weighted by molar-refractivity contribution is 5.94. The van der Waals surface area contributed by atoms with E-state index in [4.69, 9.17) is 4.52 Å². The normalized spacial score (nSPS) is 19.6. The molecule has 3 aromatic rings. The molecule has 0 bridgehead atoms. The third-order valence-corrected chi connectivity index (χ3v) is 6.14. The molecular formula is C21H22F3N5O2. The highest BCUT2D eigenvalue weighted by Crippen LogP contribution is 2.34. The highest BCUT2D eigenvalue weighted by Gasteiger charge is 2.37. The zero-order chi connectivity index (χ0) is 21.8. The summed E-state index contributed by atoms with van der Waals surface area (Å²) in [5, 5.41) is 7.95. The number of nitrogens with zero attached hydrogens (tertiary/aromatic N) is 5. The van der Waals surface area contributed by atoms with Gasteiger partial charge in [-0.05, 0) is 45.1 Å². The molecule has 1 atom stereocenters. The number of carbonyl (C=O) groups is 1. The Labute approximate surface area is 176 Å².